The molecule has 0 aliphatic heterocycles. The first-order valence-corrected chi connectivity index (χ1v) is 6.32. The first-order valence-electron chi connectivity index (χ1n) is 6.32. The molecule has 0 aliphatic rings. The first kappa shape index (κ1) is 13.9. The van der Waals surface area contributed by atoms with E-state index < -0.39 is 12.0 Å². The Hall–Kier alpha value is -2.56. The van der Waals surface area contributed by atoms with Gasteiger partial charge in [0.1, 0.15) is 0 Å². The molecule has 2 N–H and O–H groups in total. The number of carboxylic acids is 1. The topological polar surface area (TPSA) is 71.3 Å². The zero-order chi connectivity index (χ0) is 14.5. The van der Waals surface area contributed by atoms with Crippen molar-refractivity contribution in [3.63, 3.8) is 0 Å². The van der Waals surface area contributed by atoms with E-state index in [9.17, 15) is 9.59 Å². The predicted octanol–water partition coefficient (Wildman–Crippen LogP) is 2.07. The fourth-order valence-electron chi connectivity index (χ4n) is 1.93. The van der Waals surface area contributed by atoms with Crippen molar-refractivity contribution in [2.24, 2.45) is 0 Å². The molecule has 1 heterocycles. The fourth-order valence-corrected chi connectivity index (χ4v) is 1.93. The third kappa shape index (κ3) is 3.47. The summed E-state index contributed by atoms with van der Waals surface area (Å²) in [5.74, 6) is -1.20. The third-order valence-corrected chi connectivity index (χ3v) is 2.87. The van der Waals surface area contributed by atoms with Crippen LogP contribution in [0.5, 0.6) is 0 Å². The summed E-state index contributed by atoms with van der Waals surface area (Å²) in [7, 11) is 0. The van der Waals surface area contributed by atoms with Gasteiger partial charge >= 0.3 is 5.97 Å². The summed E-state index contributed by atoms with van der Waals surface area (Å²) >= 11 is 0. The summed E-state index contributed by atoms with van der Waals surface area (Å²) in [6, 6.07) is 10.6. The summed E-state index contributed by atoms with van der Waals surface area (Å²) in [4.78, 5) is 22.6. The molecule has 1 aromatic heterocycles. The van der Waals surface area contributed by atoms with E-state index in [4.69, 9.17) is 5.11 Å². The zero-order valence-electron chi connectivity index (χ0n) is 11.1. The highest BCUT2D eigenvalue weighted by atomic mass is 16.4. The molecule has 104 valence electrons. The minimum atomic E-state index is -0.932. The summed E-state index contributed by atoms with van der Waals surface area (Å²) in [6.45, 7) is 1.67. The van der Waals surface area contributed by atoms with E-state index in [1.54, 1.807) is 25.1 Å². The fraction of sp³-hybridized carbons (Fsp3) is 0.200. The Balaban J connectivity index is 2.11. The normalized spacial score (nSPS) is 11.8. The van der Waals surface area contributed by atoms with Gasteiger partial charge in [0, 0.05) is 29.7 Å². The number of aromatic nitrogens is 1. The van der Waals surface area contributed by atoms with E-state index in [0.717, 1.165) is 5.69 Å². The van der Waals surface area contributed by atoms with Crippen LogP contribution in [0.25, 0.3) is 5.69 Å². The molecule has 1 amide bonds. The number of amides is 1. The standard InChI is InChI=1S/C15H16N2O3/c1-11(9-14(18)19)16-15(20)12-5-4-6-13(10-12)17-7-2-3-8-17/h2-8,10-11H,9H2,1H3,(H,16,20)(H,18,19). The van der Waals surface area contributed by atoms with Gasteiger partial charge in [0.25, 0.3) is 5.91 Å². The van der Waals surface area contributed by atoms with E-state index in [1.807, 2.05) is 35.2 Å². The summed E-state index contributed by atoms with van der Waals surface area (Å²) < 4.78 is 1.90. The van der Waals surface area contributed by atoms with Crippen molar-refractivity contribution in [2.45, 2.75) is 19.4 Å². The van der Waals surface area contributed by atoms with Crippen molar-refractivity contribution < 1.29 is 14.7 Å². The van der Waals surface area contributed by atoms with Gasteiger partial charge in [-0.25, -0.2) is 0 Å². The molecular weight excluding hydrogens is 256 g/mol. The third-order valence-electron chi connectivity index (χ3n) is 2.87. The Kier molecular flexibility index (Phi) is 4.20. The van der Waals surface area contributed by atoms with Crippen molar-refractivity contribution in [2.75, 3.05) is 0 Å². The minimum absolute atomic E-state index is 0.0942. The van der Waals surface area contributed by atoms with Crippen molar-refractivity contribution in [3.8, 4) is 5.69 Å². The molecule has 0 saturated carbocycles. The maximum absolute atomic E-state index is 12.0. The number of carboxylic acid groups (broad SMARTS) is 1. The highest BCUT2D eigenvalue weighted by Crippen LogP contribution is 2.11. The van der Waals surface area contributed by atoms with Crippen LogP contribution in [0.3, 0.4) is 0 Å². The van der Waals surface area contributed by atoms with Gasteiger partial charge in [0.15, 0.2) is 0 Å². The molecule has 5 heteroatoms. The number of carbonyl (C=O) groups is 2. The molecule has 0 aliphatic carbocycles. The molecule has 0 radical (unpaired) electrons. The summed E-state index contributed by atoms with van der Waals surface area (Å²) in [6.07, 6.45) is 3.69. The molecule has 0 bridgehead atoms. The Morgan fingerprint density at radius 3 is 2.60 bits per heavy atom. The number of carbonyl (C=O) groups excluding carboxylic acids is 1. The molecule has 5 nitrogen and oxygen atoms in total. The van der Waals surface area contributed by atoms with Crippen LogP contribution in [0.2, 0.25) is 0 Å². The lowest BCUT2D eigenvalue weighted by Gasteiger charge is -2.12. The van der Waals surface area contributed by atoms with Crippen molar-refractivity contribution >= 4 is 11.9 Å². The number of hydrogen-bond acceptors (Lipinski definition) is 2. The van der Waals surface area contributed by atoms with Crippen LogP contribution in [0.15, 0.2) is 48.8 Å². The van der Waals surface area contributed by atoms with E-state index in [2.05, 4.69) is 5.32 Å². The Bertz CT molecular complexity index is 605. The lowest BCUT2D eigenvalue weighted by molar-refractivity contribution is -0.137. The van der Waals surface area contributed by atoms with Gasteiger partial charge in [-0.1, -0.05) is 6.07 Å². The molecule has 1 unspecified atom stereocenters. The number of nitrogens with zero attached hydrogens (tertiary/aromatic N) is 1. The zero-order valence-corrected chi connectivity index (χ0v) is 11.1. The highest BCUT2D eigenvalue weighted by Gasteiger charge is 2.12. The quantitative estimate of drug-likeness (QED) is 0.875. The van der Waals surface area contributed by atoms with Crippen LogP contribution in [0, 0.1) is 0 Å². The molecule has 1 aromatic carbocycles. The maximum atomic E-state index is 12.0. The number of nitrogens with one attached hydrogen (secondary N) is 1. The van der Waals surface area contributed by atoms with Crippen LogP contribution in [0.4, 0.5) is 0 Å². The number of hydrogen-bond donors (Lipinski definition) is 2. The average molecular weight is 272 g/mol. The van der Waals surface area contributed by atoms with Crippen molar-refractivity contribution in [1.29, 1.82) is 0 Å². The molecule has 0 spiro atoms. The van der Waals surface area contributed by atoms with Crippen molar-refractivity contribution in [1.82, 2.24) is 9.88 Å². The Morgan fingerprint density at radius 2 is 1.95 bits per heavy atom. The van der Waals surface area contributed by atoms with Gasteiger partial charge in [-0.3, -0.25) is 9.59 Å². The molecule has 20 heavy (non-hydrogen) atoms. The Morgan fingerprint density at radius 1 is 1.25 bits per heavy atom. The maximum Gasteiger partial charge on any atom is 0.305 e. The molecule has 1 atom stereocenters. The van der Waals surface area contributed by atoms with Gasteiger partial charge in [0.05, 0.1) is 6.42 Å². The van der Waals surface area contributed by atoms with Gasteiger partial charge in [-0.15, -0.1) is 0 Å². The largest absolute Gasteiger partial charge is 0.481 e. The van der Waals surface area contributed by atoms with Crippen LogP contribution in [-0.4, -0.2) is 27.6 Å². The van der Waals surface area contributed by atoms with Crippen LogP contribution in [-0.2, 0) is 4.79 Å². The highest BCUT2D eigenvalue weighted by molar-refractivity contribution is 5.95. The molecule has 2 aromatic rings. The SMILES string of the molecule is CC(CC(=O)O)NC(=O)c1cccc(-n2cccc2)c1. The number of rotatable bonds is 5. The van der Waals surface area contributed by atoms with Crippen molar-refractivity contribution in [3.05, 3.63) is 54.4 Å². The van der Waals surface area contributed by atoms with Crippen LogP contribution >= 0.6 is 0 Å². The van der Waals surface area contributed by atoms with E-state index in [1.165, 1.54) is 0 Å². The van der Waals surface area contributed by atoms with Gasteiger partial charge in [0.2, 0.25) is 0 Å². The second-order valence-corrected chi connectivity index (χ2v) is 4.61. The van der Waals surface area contributed by atoms with Crippen LogP contribution < -0.4 is 5.32 Å². The average Bonchev–Trinajstić information content (AvgIpc) is 2.91. The van der Waals surface area contributed by atoms with E-state index >= 15 is 0 Å². The van der Waals surface area contributed by atoms with Gasteiger partial charge in [-0.05, 0) is 37.3 Å². The lowest BCUT2D eigenvalue weighted by atomic mass is 10.1. The minimum Gasteiger partial charge on any atom is -0.481 e. The van der Waals surface area contributed by atoms with Gasteiger partial charge in [-0.2, -0.15) is 0 Å². The summed E-state index contributed by atoms with van der Waals surface area (Å²) in [5.41, 5.74) is 1.39. The molecule has 0 fully saturated rings. The monoisotopic (exact) mass is 272 g/mol. The number of benzene rings is 1. The molecule has 0 saturated heterocycles. The Labute approximate surface area is 116 Å². The number of aliphatic carboxylic acids is 1. The second kappa shape index (κ2) is 6.06. The summed E-state index contributed by atoms with van der Waals surface area (Å²) in [5, 5.41) is 11.4. The molecular formula is C15H16N2O3. The van der Waals surface area contributed by atoms with Crippen LogP contribution in [0.1, 0.15) is 23.7 Å². The molecule has 2 rings (SSSR count). The predicted molar refractivity (Wildman–Crippen MR) is 75.0 cm³/mol. The van der Waals surface area contributed by atoms with E-state index in [-0.39, 0.29) is 12.3 Å². The van der Waals surface area contributed by atoms with E-state index in [0.29, 0.717) is 5.56 Å². The van der Waals surface area contributed by atoms with Gasteiger partial charge < -0.3 is 15.0 Å². The first-order chi connectivity index (χ1) is 9.56. The lowest BCUT2D eigenvalue weighted by Crippen LogP contribution is -2.34. The smallest absolute Gasteiger partial charge is 0.305 e. The second-order valence-electron chi connectivity index (χ2n) is 4.61.